The monoisotopic (exact) mass is 616 g/mol. The summed E-state index contributed by atoms with van der Waals surface area (Å²) in [6.07, 6.45) is 21.4. The molecule has 0 aromatic heterocycles. The maximum absolute atomic E-state index is 15.4. The van der Waals surface area contributed by atoms with Gasteiger partial charge >= 0.3 is 0 Å². The second-order valence-corrected chi connectivity index (χ2v) is 13.2. The van der Waals surface area contributed by atoms with Gasteiger partial charge in [-0.25, -0.2) is 17.6 Å². The van der Waals surface area contributed by atoms with E-state index in [-0.39, 0.29) is 11.1 Å². The minimum absolute atomic E-state index is 0.163. The number of halogens is 4. The van der Waals surface area contributed by atoms with Crippen LogP contribution in [0.4, 0.5) is 17.6 Å². The summed E-state index contributed by atoms with van der Waals surface area (Å²) in [5.41, 5.74) is 2.96. The van der Waals surface area contributed by atoms with E-state index in [1.54, 1.807) is 48.5 Å². The lowest BCUT2D eigenvalue weighted by Gasteiger charge is -2.35. The van der Waals surface area contributed by atoms with Crippen molar-refractivity contribution in [3.05, 3.63) is 101 Å². The Balaban J connectivity index is 1.23. The highest BCUT2D eigenvalue weighted by atomic mass is 19.2. The van der Waals surface area contributed by atoms with Gasteiger partial charge in [0.1, 0.15) is 0 Å². The molecule has 0 spiro atoms. The minimum Gasteiger partial charge on any atom is -0.203 e. The first-order chi connectivity index (χ1) is 21.9. The minimum atomic E-state index is -0.873. The topological polar surface area (TPSA) is 0 Å². The maximum Gasteiger partial charge on any atom is 0.167 e. The summed E-state index contributed by atoms with van der Waals surface area (Å²) < 4.78 is 60.8. The van der Waals surface area contributed by atoms with Gasteiger partial charge in [0.05, 0.1) is 0 Å². The zero-order valence-electron chi connectivity index (χ0n) is 27.0. The lowest BCUT2D eigenvalue weighted by molar-refractivity contribution is 0.212. The molecule has 1 atom stereocenters. The van der Waals surface area contributed by atoms with Gasteiger partial charge in [0, 0.05) is 16.7 Å². The van der Waals surface area contributed by atoms with Gasteiger partial charge in [-0.2, -0.15) is 0 Å². The normalized spacial score (nSPS) is 20.5. The molecule has 0 amide bonds. The average Bonchev–Trinajstić information content (AvgIpc) is 3.07. The van der Waals surface area contributed by atoms with E-state index in [2.05, 4.69) is 32.1 Å². The van der Waals surface area contributed by atoms with Gasteiger partial charge in [0.2, 0.25) is 0 Å². The van der Waals surface area contributed by atoms with Crippen LogP contribution in [0.2, 0.25) is 0 Å². The molecule has 5 rings (SSSR count). The lowest BCUT2D eigenvalue weighted by atomic mass is 9.71. The van der Waals surface area contributed by atoms with E-state index in [4.69, 9.17) is 0 Å². The fourth-order valence-corrected chi connectivity index (χ4v) is 7.56. The van der Waals surface area contributed by atoms with E-state index >= 15 is 13.2 Å². The third-order valence-corrected chi connectivity index (χ3v) is 10.3. The second-order valence-electron chi connectivity index (χ2n) is 13.2. The van der Waals surface area contributed by atoms with Crippen LogP contribution < -0.4 is 0 Å². The van der Waals surface area contributed by atoms with Crippen molar-refractivity contribution in [2.45, 2.75) is 104 Å². The highest BCUT2D eigenvalue weighted by Crippen LogP contribution is 2.42. The van der Waals surface area contributed by atoms with E-state index < -0.39 is 23.3 Å². The molecule has 2 aliphatic carbocycles. The number of hydrogen-bond acceptors (Lipinski definition) is 0. The van der Waals surface area contributed by atoms with Gasteiger partial charge in [-0.3, -0.25) is 0 Å². The van der Waals surface area contributed by atoms with Crippen molar-refractivity contribution >= 4 is 5.57 Å². The van der Waals surface area contributed by atoms with E-state index in [1.165, 1.54) is 44.9 Å². The Morgan fingerprint density at radius 1 is 0.622 bits per heavy atom. The molecule has 240 valence electrons. The Kier molecular flexibility index (Phi) is 11.8. The van der Waals surface area contributed by atoms with Gasteiger partial charge in [0.25, 0.3) is 0 Å². The Labute approximate surface area is 267 Å². The summed E-state index contributed by atoms with van der Waals surface area (Å²) in [6, 6.07) is 13.2. The molecule has 4 heteroatoms. The molecule has 0 saturated heterocycles. The number of rotatable bonds is 12. The number of aryl methyl sites for hydroxylation is 1. The standard InChI is InChI=1S/C41H48F4/c1-3-5-6-7-8-9-11-34-24-25-35(39(43)38(34)42)32-20-22-33(23-21-32)37-27-26-36(40(44)41(37)45)31-18-16-30(17-19-31)29-14-12-28(10-4-2)13-15-29/h4,10,18,20-30H,3,5-9,11-17,19H2,1-2H3. The van der Waals surface area contributed by atoms with Crippen molar-refractivity contribution in [2.24, 2.45) is 17.8 Å². The zero-order valence-corrected chi connectivity index (χ0v) is 27.0. The summed E-state index contributed by atoms with van der Waals surface area (Å²) in [5, 5.41) is 0. The van der Waals surface area contributed by atoms with Crippen LogP contribution in [0.3, 0.4) is 0 Å². The smallest absolute Gasteiger partial charge is 0.167 e. The van der Waals surface area contributed by atoms with Crippen molar-refractivity contribution in [2.75, 3.05) is 0 Å². The number of allylic oxidation sites excluding steroid dienone is 4. The van der Waals surface area contributed by atoms with Crippen LogP contribution in [0.25, 0.3) is 27.8 Å². The van der Waals surface area contributed by atoms with Gasteiger partial charge in [0.15, 0.2) is 23.3 Å². The first kappa shape index (κ1) is 33.2. The van der Waals surface area contributed by atoms with Crippen LogP contribution >= 0.6 is 0 Å². The summed E-state index contributed by atoms with van der Waals surface area (Å²) in [7, 11) is 0. The summed E-state index contributed by atoms with van der Waals surface area (Å²) in [5.74, 6) is -1.29. The Morgan fingerprint density at radius 2 is 1.20 bits per heavy atom. The fraction of sp³-hybridized carbons (Fsp3) is 0.463. The predicted molar refractivity (Wildman–Crippen MR) is 180 cm³/mol. The molecule has 0 N–H and O–H groups in total. The molecule has 0 bridgehead atoms. The number of unbranched alkanes of at least 4 members (excludes halogenated alkanes) is 5. The molecule has 1 saturated carbocycles. The van der Waals surface area contributed by atoms with Crippen molar-refractivity contribution in [1.29, 1.82) is 0 Å². The summed E-state index contributed by atoms with van der Waals surface area (Å²) in [4.78, 5) is 0. The molecular formula is C41H48F4. The van der Waals surface area contributed by atoms with E-state index in [9.17, 15) is 4.39 Å². The molecule has 45 heavy (non-hydrogen) atoms. The highest BCUT2D eigenvalue weighted by Gasteiger charge is 2.29. The highest BCUT2D eigenvalue weighted by molar-refractivity contribution is 5.74. The first-order valence-corrected chi connectivity index (χ1v) is 17.3. The van der Waals surface area contributed by atoms with Crippen molar-refractivity contribution in [1.82, 2.24) is 0 Å². The van der Waals surface area contributed by atoms with E-state index in [1.807, 2.05) is 0 Å². The average molecular weight is 617 g/mol. The molecule has 2 aliphatic rings. The SMILES string of the molecule is CC=CC1CCC(C2CC=C(c3ccc(-c4ccc(-c5ccc(CCCCCCCC)c(F)c5F)cc4)c(F)c3F)CC2)CC1. The van der Waals surface area contributed by atoms with Crippen molar-refractivity contribution in [3.63, 3.8) is 0 Å². The van der Waals surface area contributed by atoms with Crippen LogP contribution in [0.5, 0.6) is 0 Å². The van der Waals surface area contributed by atoms with E-state index in [0.29, 0.717) is 40.5 Å². The summed E-state index contributed by atoms with van der Waals surface area (Å²) in [6.45, 7) is 4.26. The van der Waals surface area contributed by atoms with Crippen LogP contribution in [-0.2, 0) is 6.42 Å². The lowest BCUT2D eigenvalue weighted by Crippen LogP contribution is -2.22. The molecule has 0 aliphatic heterocycles. The molecule has 1 unspecified atom stereocenters. The molecule has 0 radical (unpaired) electrons. The van der Waals surface area contributed by atoms with Gasteiger partial charge in [-0.1, -0.05) is 106 Å². The zero-order chi connectivity index (χ0) is 31.8. The Bertz CT molecular complexity index is 1470. The molecule has 3 aromatic carbocycles. The van der Waals surface area contributed by atoms with Crippen LogP contribution in [0, 0.1) is 41.0 Å². The first-order valence-electron chi connectivity index (χ1n) is 17.3. The number of hydrogen-bond donors (Lipinski definition) is 0. The maximum atomic E-state index is 15.4. The van der Waals surface area contributed by atoms with E-state index in [0.717, 1.165) is 50.0 Å². The van der Waals surface area contributed by atoms with Crippen LogP contribution in [0.15, 0.2) is 66.8 Å². The van der Waals surface area contributed by atoms with Crippen molar-refractivity contribution < 1.29 is 17.6 Å². The van der Waals surface area contributed by atoms with Gasteiger partial charge < -0.3 is 0 Å². The number of benzene rings is 3. The Hall–Kier alpha value is -3.14. The largest absolute Gasteiger partial charge is 0.203 e. The van der Waals surface area contributed by atoms with Crippen LogP contribution in [-0.4, -0.2) is 0 Å². The predicted octanol–water partition coefficient (Wildman–Crippen LogP) is 13.0. The summed E-state index contributed by atoms with van der Waals surface area (Å²) >= 11 is 0. The van der Waals surface area contributed by atoms with Crippen molar-refractivity contribution in [3.8, 4) is 22.3 Å². The molecule has 0 nitrogen and oxygen atoms in total. The van der Waals surface area contributed by atoms with Gasteiger partial charge in [-0.15, -0.1) is 0 Å². The quantitative estimate of drug-likeness (QED) is 0.108. The van der Waals surface area contributed by atoms with Gasteiger partial charge in [-0.05, 0) is 105 Å². The molecule has 3 aromatic rings. The fourth-order valence-electron chi connectivity index (χ4n) is 7.56. The Morgan fingerprint density at radius 3 is 1.82 bits per heavy atom. The molecular weight excluding hydrogens is 568 g/mol. The molecule has 0 heterocycles. The van der Waals surface area contributed by atoms with Crippen LogP contribution in [0.1, 0.15) is 108 Å². The molecule has 1 fully saturated rings. The third-order valence-electron chi connectivity index (χ3n) is 10.3. The third kappa shape index (κ3) is 7.99. The second kappa shape index (κ2) is 15.9.